The van der Waals surface area contributed by atoms with E-state index >= 15 is 0 Å². The Labute approximate surface area is 113 Å². The first-order valence-corrected chi connectivity index (χ1v) is 7.18. The third kappa shape index (κ3) is 15.2. The van der Waals surface area contributed by atoms with Gasteiger partial charge in [-0.2, -0.15) is 13.2 Å². The molecule has 0 aliphatic rings. The molecule has 0 rings (SSSR count). The first-order valence-electron chi connectivity index (χ1n) is 7.18. The summed E-state index contributed by atoms with van der Waals surface area (Å²) in [5, 5.41) is 0. The van der Waals surface area contributed by atoms with Gasteiger partial charge in [0.25, 0.3) is 0 Å². The molecule has 0 aliphatic carbocycles. The first-order chi connectivity index (χ1) is 8.95. The number of ether oxygens (including phenoxy) is 1. The second-order valence-electron chi connectivity index (χ2n) is 4.81. The Morgan fingerprint density at radius 3 is 2.11 bits per heavy atom. The number of carbonyl (C=O) groups is 1. The topological polar surface area (TPSA) is 26.3 Å². The highest BCUT2D eigenvalue weighted by Crippen LogP contribution is 2.23. The molecule has 0 saturated carbocycles. The van der Waals surface area contributed by atoms with Crippen LogP contribution in [0.5, 0.6) is 0 Å². The molecule has 0 N–H and O–H groups in total. The summed E-state index contributed by atoms with van der Waals surface area (Å²) in [5.74, 6) is -0.162. The van der Waals surface area contributed by atoms with Crippen LogP contribution in [0.4, 0.5) is 13.2 Å². The molecule has 0 unspecified atom stereocenters. The molecule has 0 spiro atoms. The number of esters is 1. The van der Waals surface area contributed by atoms with Crippen molar-refractivity contribution in [2.24, 2.45) is 0 Å². The summed E-state index contributed by atoms with van der Waals surface area (Å²) in [6.07, 6.45) is 1.78. The van der Waals surface area contributed by atoms with Crippen molar-refractivity contribution in [3.8, 4) is 0 Å². The van der Waals surface area contributed by atoms with Gasteiger partial charge in [-0.1, -0.05) is 39.0 Å². The van der Waals surface area contributed by atoms with Gasteiger partial charge in [-0.15, -0.1) is 0 Å². The number of alkyl halides is 3. The van der Waals surface area contributed by atoms with Crippen molar-refractivity contribution < 1.29 is 22.7 Å². The highest BCUT2D eigenvalue weighted by Gasteiger charge is 2.25. The molecule has 0 aromatic heterocycles. The van der Waals surface area contributed by atoms with E-state index in [1.54, 1.807) is 0 Å². The van der Waals surface area contributed by atoms with Crippen molar-refractivity contribution in [2.45, 2.75) is 77.3 Å². The van der Waals surface area contributed by atoms with Crippen molar-refractivity contribution in [1.29, 1.82) is 0 Å². The van der Waals surface area contributed by atoms with Crippen LogP contribution in [0.3, 0.4) is 0 Å². The van der Waals surface area contributed by atoms with Gasteiger partial charge < -0.3 is 4.74 Å². The third-order valence-corrected chi connectivity index (χ3v) is 2.85. The Kier molecular flexibility index (Phi) is 10.7. The molecule has 0 amide bonds. The van der Waals surface area contributed by atoms with Crippen molar-refractivity contribution in [1.82, 2.24) is 0 Å². The van der Waals surface area contributed by atoms with Crippen LogP contribution in [0.1, 0.15) is 71.1 Å². The van der Waals surface area contributed by atoms with Gasteiger partial charge in [-0.25, -0.2) is 0 Å². The largest absolute Gasteiger partial charge is 0.466 e. The van der Waals surface area contributed by atoms with Crippen molar-refractivity contribution in [3.63, 3.8) is 0 Å². The Morgan fingerprint density at radius 1 is 0.947 bits per heavy atom. The zero-order chi connectivity index (χ0) is 14.6. The summed E-state index contributed by atoms with van der Waals surface area (Å²) < 4.78 is 40.6. The molecule has 0 aromatic rings. The summed E-state index contributed by atoms with van der Waals surface area (Å²) in [4.78, 5) is 11.2. The molecule has 0 aliphatic heterocycles. The molecule has 114 valence electrons. The highest BCUT2D eigenvalue weighted by molar-refractivity contribution is 5.69. The average Bonchev–Trinajstić information content (AvgIpc) is 2.31. The number of carbonyl (C=O) groups excluding carboxylic acids is 1. The average molecular weight is 282 g/mol. The molecule has 0 atom stereocenters. The number of hydrogen-bond donors (Lipinski definition) is 0. The Balaban J connectivity index is 3.20. The number of unbranched alkanes of at least 4 members (excludes halogenated alkanes) is 6. The Hall–Kier alpha value is -0.740. The standard InChI is InChI=1S/C14H25F3O2/c1-2-3-12-19-13(18)10-8-6-4-5-7-9-11-14(15,16)17/h2-12H2,1H3. The van der Waals surface area contributed by atoms with E-state index < -0.39 is 12.6 Å². The third-order valence-electron chi connectivity index (χ3n) is 2.85. The minimum atomic E-state index is -4.03. The molecule has 0 radical (unpaired) electrons. The van der Waals surface area contributed by atoms with Crippen LogP contribution in [-0.4, -0.2) is 18.8 Å². The van der Waals surface area contributed by atoms with E-state index in [2.05, 4.69) is 0 Å². The van der Waals surface area contributed by atoms with Crippen LogP contribution in [0.25, 0.3) is 0 Å². The van der Waals surface area contributed by atoms with Crippen molar-refractivity contribution in [3.05, 3.63) is 0 Å². The predicted octanol–water partition coefficient (Wildman–Crippen LogP) is 5.01. The van der Waals surface area contributed by atoms with Crippen LogP contribution in [0.15, 0.2) is 0 Å². The summed E-state index contributed by atoms with van der Waals surface area (Å²) in [6.45, 7) is 2.53. The SMILES string of the molecule is CCCCOC(=O)CCCCCCCCC(F)(F)F. The molecule has 0 bridgehead atoms. The van der Waals surface area contributed by atoms with Crippen LogP contribution in [0, 0.1) is 0 Å². The lowest BCUT2D eigenvalue weighted by Gasteiger charge is -2.06. The summed E-state index contributed by atoms with van der Waals surface area (Å²) >= 11 is 0. The molecule has 19 heavy (non-hydrogen) atoms. The predicted molar refractivity (Wildman–Crippen MR) is 68.9 cm³/mol. The summed E-state index contributed by atoms with van der Waals surface area (Å²) in [6, 6.07) is 0. The molecular formula is C14H25F3O2. The highest BCUT2D eigenvalue weighted by atomic mass is 19.4. The number of rotatable bonds is 11. The monoisotopic (exact) mass is 282 g/mol. The van der Waals surface area contributed by atoms with Gasteiger partial charge in [0.2, 0.25) is 0 Å². The zero-order valence-corrected chi connectivity index (χ0v) is 11.7. The van der Waals surface area contributed by atoms with Crippen molar-refractivity contribution in [2.75, 3.05) is 6.61 Å². The molecule has 0 aromatic carbocycles. The van der Waals surface area contributed by atoms with Crippen LogP contribution in [-0.2, 0) is 9.53 Å². The maximum absolute atomic E-state index is 11.9. The Bertz CT molecular complexity index is 227. The second-order valence-corrected chi connectivity index (χ2v) is 4.81. The van der Waals surface area contributed by atoms with E-state index in [0.29, 0.717) is 19.4 Å². The van der Waals surface area contributed by atoms with Crippen LogP contribution >= 0.6 is 0 Å². The fourth-order valence-corrected chi connectivity index (χ4v) is 1.70. The van der Waals surface area contributed by atoms with Crippen molar-refractivity contribution >= 4 is 5.97 Å². The van der Waals surface area contributed by atoms with E-state index in [1.165, 1.54) is 0 Å². The number of hydrogen-bond acceptors (Lipinski definition) is 2. The van der Waals surface area contributed by atoms with Gasteiger partial charge in [-0.05, 0) is 19.3 Å². The van der Waals surface area contributed by atoms with E-state index in [9.17, 15) is 18.0 Å². The maximum atomic E-state index is 11.9. The zero-order valence-electron chi connectivity index (χ0n) is 11.7. The summed E-state index contributed by atoms with van der Waals surface area (Å²) in [5.41, 5.74) is 0. The lowest BCUT2D eigenvalue weighted by atomic mass is 10.1. The minimum Gasteiger partial charge on any atom is -0.466 e. The van der Waals surface area contributed by atoms with Gasteiger partial charge in [0.1, 0.15) is 0 Å². The quantitative estimate of drug-likeness (QED) is 0.393. The fourth-order valence-electron chi connectivity index (χ4n) is 1.70. The smallest absolute Gasteiger partial charge is 0.389 e. The fraction of sp³-hybridized carbons (Fsp3) is 0.929. The van der Waals surface area contributed by atoms with E-state index in [-0.39, 0.29) is 12.4 Å². The molecule has 0 fully saturated rings. The van der Waals surface area contributed by atoms with Gasteiger partial charge in [0.05, 0.1) is 6.61 Å². The second kappa shape index (κ2) is 11.1. The van der Waals surface area contributed by atoms with E-state index in [4.69, 9.17) is 4.74 Å². The van der Waals surface area contributed by atoms with Gasteiger partial charge in [0.15, 0.2) is 0 Å². The molecule has 0 saturated heterocycles. The van der Waals surface area contributed by atoms with Gasteiger partial charge in [-0.3, -0.25) is 4.79 Å². The normalized spacial score (nSPS) is 11.6. The molecule has 2 nitrogen and oxygen atoms in total. The number of halogens is 3. The van der Waals surface area contributed by atoms with Crippen LogP contribution in [0.2, 0.25) is 0 Å². The lowest BCUT2D eigenvalue weighted by molar-refractivity contribution is -0.144. The minimum absolute atomic E-state index is 0.162. The Morgan fingerprint density at radius 2 is 1.53 bits per heavy atom. The van der Waals surface area contributed by atoms with E-state index in [0.717, 1.165) is 38.5 Å². The van der Waals surface area contributed by atoms with Gasteiger partial charge >= 0.3 is 12.1 Å². The molecule has 5 heteroatoms. The maximum Gasteiger partial charge on any atom is 0.389 e. The van der Waals surface area contributed by atoms with Gasteiger partial charge in [0, 0.05) is 12.8 Å². The van der Waals surface area contributed by atoms with E-state index in [1.807, 2.05) is 6.92 Å². The van der Waals surface area contributed by atoms with Crippen LogP contribution < -0.4 is 0 Å². The first kappa shape index (κ1) is 18.3. The summed E-state index contributed by atoms with van der Waals surface area (Å²) in [7, 11) is 0. The molecular weight excluding hydrogens is 257 g/mol. The lowest BCUT2D eigenvalue weighted by Crippen LogP contribution is -2.06. The molecule has 0 heterocycles.